The molecule has 0 aromatic carbocycles. The van der Waals surface area contributed by atoms with E-state index in [2.05, 4.69) is 34.4 Å². The van der Waals surface area contributed by atoms with Crippen molar-refractivity contribution in [2.24, 2.45) is 0 Å². The maximum absolute atomic E-state index is 5.41. The highest BCUT2D eigenvalue weighted by molar-refractivity contribution is 5.48. The third-order valence-electron chi connectivity index (χ3n) is 2.98. The van der Waals surface area contributed by atoms with Gasteiger partial charge in [-0.1, -0.05) is 13.8 Å². The van der Waals surface area contributed by atoms with Crippen LogP contribution in [0.5, 0.6) is 0 Å². The van der Waals surface area contributed by atoms with Crippen LogP contribution in [-0.4, -0.2) is 42.9 Å². The zero-order valence-corrected chi connectivity index (χ0v) is 13.6. The van der Waals surface area contributed by atoms with Crippen molar-refractivity contribution in [3.63, 3.8) is 0 Å². The number of nitrogens with one attached hydrogen (secondary N) is 2. The molecule has 6 heteroatoms. The number of hydrogen-bond donors (Lipinski definition) is 2. The summed E-state index contributed by atoms with van der Waals surface area (Å²) in [7, 11) is 1.71. The minimum absolute atomic E-state index is 0.240. The molecule has 1 unspecified atom stereocenters. The molecule has 0 saturated heterocycles. The second-order valence-electron chi connectivity index (χ2n) is 4.82. The summed E-state index contributed by atoms with van der Waals surface area (Å²) in [6, 6.07) is 2.17. The molecule has 120 valence electrons. The van der Waals surface area contributed by atoms with Crippen LogP contribution in [0.2, 0.25) is 0 Å². The number of nitrogens with zero attached hydrogens (tertiary/aromatic N) is 2. The van der Waals surface area contributed by atoms with E-state index in [0.29, 0.717) is 25.6 Å². The Morgan fingerprint density at radius 3 is 2.57 bits per heavy atom. The van der Waals surface area contributed by atoms with Gasteiger partial charge in [0.1, 0.15) is 18.2 Å². The molecule has 6 nitrogen and oxygen atoms in total. The van der Waals surface area contributed by atoms with Gasteiger partial charge in [-0.15, -0.1) is 0 Å². The molecule has 1 aromatic heterocycles. The second-order valence-corrected chi connectivity index (χ2v) is 4.82. The van der Waals surface area contributed by atoms with E-state index in [1.807, 2.05) is 13.0 Å². The normalized spacial score (nSPS) is 12.2. The fourth-order valence-electron chi connectivity index (χ4n) is 1.84. The quantitative estimate of drug-likeness (QED) is 0.654. The average Bonchev–Trinajstić information content (AvgIpc) is 2.50. The Kier molecular flexibility index (Phi) is 8.69. The van der Waals surface area contributed by atoms with Gasteiger partial charge in [-0.05, 0) is 19.8 Å². The van der Waals surface area contributed by atoms with E-state index in [0.717, 1.165) is 31.0 Å². The first-order valence-corrected chi connectivity index (χ1v) is 7.68. The van der Waals surface area contributed by atoms with Gasteiger partial charge in [0.05, 0.1) is 12.6 Å². The summed E-state index contributed by atoms with van der Waals surface area (Å²) in [5.41, 5.74) is 0. The Morgan fingerprint density at radius 2 is 1.95 bits per heavy atom. The SMILES string of the molecule is CCCNc1cc(NC(CC)COC)nc(COCC)n1. The zero-order chi connectivity index (χ0) is 15.5. The van der Waals surface area contributed by atoms with Crippen LogP contribution in [0.1, 0.15) is 39.4 Å². The van der Waals surface area contributed by atoms with Gasteiger partial charge in [-0.3, -0.25) is 0 Å². The second kappa shape index (κ2) is 10.3. The topological polar surface area (TPSA) is 68.3 Å². The van der Waals surface area contributed by atoms with Gasteiger partial charge in [-0.2, -0.15) is 0 Å². The molecule has 0 bridgehead atoms. The van der Waals surface area contributed by atoms with Crippen molar-refractivity contribution in [3.8, 4) is 0 Å². The zero-order valence-electron chi connectivity index (χ0n) is 13.6. The Labute approximate surface area is 127 Å². The number of hydrogen-bond acceptors (Lipinski definition) is 6. The lowest BCUT2D eigenvalue weighted by Gasteiger charge is -2.18. The van der Waals surface area contributed by atoms with Crippen LogP contribution in [0.4, 0.5) is 11.6 Å². The maximum atomic E-state index is 5.41. The van der Waals surface area contributed by atoms with Gasteiger partial charge < -0.3 is 20.1 Å². The van der Waals surface area contributed by atoms with Crippen LogP contribution < -0.4 is 10.6 Å². The van der Waals surface area contributed by atoms with Crippen LogP contribution in [0, 0.1) is 0 Å². The molecule has 1 rings (SSSR count). The first kappa shape index (κ1) is 17.7. The van der Waals surface area contributed by atoms with E-state index in [9.17, 15) is 0 Å². The molecular weight excluding hydrogens is 268 g/mol. The highest BCUT2D eigenvalue weighted by Gasteiger charge is 2.09. The molecule has 0 aliphatic rings. The fraction of sp³-hybridized carbons (Fsp3) is 0.733. The van der Waals surface area contributed by atoms with E-state index in [1.54, 1.807) is 7.11 Å². The predicted octanol–water partition coefficient (Wildman–Crippen LogP) is 2.67. The minimum atomic E-state index is 0.240. The lowest BCUT2D eigenvalue weighted by Crippen LogP contribution is -2.25. The van der Waals surface area contributed by atoms with Crippen molar-refractivity contribution >= 4 is 11.6 Å². The summed E-state index contributed by atoms with van der Waals surface area (Å²) in [4.78, 5) is 8.98. The van der Waals surface area contributed by atoms with Gasteiger partial charge in [-0.25, -0.2) is 9.97 Å². The smallest absolute Gasteiger partial charge is 0.158 e. The Balaban J connectivity index is 2.83. The molecule has 0 amide bonds. The predicted molar refractivity (Wildman–Crippen MR) is 85.7 cm³/mol. The molecule has 2 N–H and O–H groups in total. The maximum Gasteiger partial charge on any atom is 0.158 e. The van der Waals surface area contributed by atoms with Crippen LogP contribution in [0.25, 0.3) is 0 Å². The van der Waals surface area contributed by atoms with E-state index >= 15 is 0 Å². The number of methoxy groups -OCH3 is 1. The highest BCUT2D eigenvalue weighted by Crippen LogP contribution is 2.14. The van der Waals surface area contributed by atoms with E-state index < -0.39 is 0 Å². The van der Waals surface area contributed by atoms with Crippen molar-refractivity contribution in [3.05, 3.63) is 11.9 Å². The third-order valence-corrected chi connectivity index (χ3v) is 2.98. The molecule has 0 aliphatic heterocycles. The van der Waals surface area contributed by atoms with Gasteiger partial charge in [0, 0.05) is 26.3 Å². The molecule has 0 aliphatic carbocycles. The van der Waals surface area contributed by atoms with Gasteiger partial charge in [0.2, 0.25) is 0 Å². The molecule has 0 saturated carbocycles. The van der Waals surface area contributed by atoms with Crippen LogP contribution in [0.3, 0.4) is 0 Å². The van der Waals surface area contributed by atoms with E-state index in [-0.39, 0.29) is 6.04 Å². The Hall–Kier alpha value is -1.40. The number of rotatable bonds is 11. The Morgan fingerprint density at radius 1 is 1.19 bits per heavy atom. The lowest BCUT2D eigenvalue weighted by atomic mass is 10.2. The summed E-state index contributed by atoms with van der Waals surface area (Å²) in [5, 5.41) is 6.69. The molecule has 1 atom stereocenters. The molecule has 0 spiro atoms. The summed E-state index contributed by atoms with van der Waals surface area (Å²) >= 11 is 0. The largest absolute Gasteiger partial charge is 0.383 e. The van der Waals surface area contributed by atoms with E-state index in [1.165, 1.54) is 0 Å². The third kappa shape index (κ3) is 6.73. The number of anilines is 2. The number of aromatic nitrogens is 2. The summed E-state index contributed by atoms with van der Waals surface area (Å²) < 4.78 is 10.6. The average molecular weight is 296 g/mol. The van der Waals surface area contributed by atoms with Crippen molar-refractivity contribution in [2.45, 2.75) is 46.3 Å². The van der Waals surface area contributed by atoms with Gasteiger partial charge >= 0.3 is 0 Å². The molecule has 0 fully saturated rings. The van der Waals surface area contributed by atoms with Crippen molar-refractivity contribution in [1.82, 2.24) is 9.97 Å². The van der Waals surface area contributed by atoms with Gasteiger partial charge in [0.15, 0.2) is 5.82 Å². The highest BCUT2D eigenvalue weighted by atomic mass is 16.5. The van der Waals surface area contributed by atoms with Gasteiger partial charge in [0.25, 0.3) is 0 Å². The first-order chi connectivity index (χ1) is 10.2. The fourth-order valence-corrected chi connectivity index (χ4v) is 1.84. The van der Waals surface area contributed by atoms with E-state index in [4.69, 9.17) is 9.47 Å². The Bertz CT molecular complexity index is 375. The lowest BCUT2D eigenvalue weighted by molar-refractivity contribution is 0.128. The standard InChI is InChI=1S/C15H28N4O2/c1-5-8-16-13-9-14(17-12(6-2)10-20-4)19-15(18-13)11-21-7-3/h9,12H,5-8,10-11H2,1-4H3,(H2,16,17,18,19). The minimum Gasteiger partial charge on any atom is -0.383 e. The molecule has 1 aromatic rings. The molecule has 21 heavy (non-hydrogen) atoms. The first-order valence-electron chi connectivity index (χ1n) is 7.68. The summed E-state index contributed by atoms with van der Waals surface area (Å²) in [6.07, 6.45) is 2.02. The van der Waals surface area contributed by atoms with Crippen LogP contribution >= 0.6 is 0 Å². The molecular formula is C15H28N4O2. The summed E-state index contributed by atoms with van der Waals surface area (Å²) in [6.45, 7) is 8.83. The van der Waals surface area contributed by atoms with Crippen LogP contribution in [-0.2, 0) is 16.1 Å². The number of ether oxygens (including phenoxy) is 2. The van der Waals surface area contributed by atoms with Crippen LogP contribution in [0.15, 0.2) is 6.07 Å². The molecule has 1 heterocycles. The monoisotopic (exact) mass is 296 g/mol. The summed E-state index contributed by atoms with van der Waals surface area (Å²) in [5.74, 6) is 2.33. The molecule has 0 radical (unpaired) electrons. The van der Waals surface area contributed by atoms with Crippen molar-refractivity contribution < 1.29 is 9.47 Å². The van der Waals surface area contributed by atoms with Crippen molar-refractivity contribution in [2.75, 3.05) is 37.5 Å². The van der Waals surface area contributed by atoms with Crippen molar-refractivity contribution in [1.29, 1.82) is 0 Å².